The van der Waals surface area contributed by atoms with Crippen LogP contribution in [0.5, 0.6) is 0 Å². The number of nitrogens with zero attached hydrogens (tertiary/aromatic N) is 1. The fourth-order valence-electron chi connectivity index (χ4n) is 2.05. The van der Waals surface area contributed by atoms with Crippen LogP contribution < -0.4 is 5.32 Å². The smallest absolute Gasteiger partial charge is 0.252 e. The third kappa shape index (κ3) is 4.62. The van der Waals surface area contributed by atoms with Gasteiger partial charge in [0, 0.05) is 27.8 Å². The maximum Gasteiger partial charge on any atom is 0.252 e. The number of aryl methyl sites for hydroxylation is 2. The molecule has 0 aliphatic rings. The zero-order valence-electron chi connectivity index (χ0n) is 12.7. The van der Waals surface area contributed by atoms with E-state index >= 15 is 0 Å². The number of thioether (sulfide) groups is 1. The second kappa shape index (κ2) is 8.02. The molecule has 0 radical (unpaired) electrons. The van der Waals surface area contributed by atoms with Crippen LogP contribution in [0.15, 0.2) is 30.3 Å². The summed E-state index contributed by atoms with van der Waals surface area (Å²) in [6.07, 6.45) is 0. The molecule has 1 amide bonds. The van der Waals surface area contributed by atoms with Crippen LogP contribution in [0.3, 0.4) is 0 Å². The van der Waals surface area contributed by atoms with Gasteiger partial charge in [-0.2, -0.15) is 17.0 Å². The Hall–Kier alpha value is -1.77. The van der Waals surface area contributed by atoms with E-state index in [1.165, 1.54) is 5.56 Å². The van der Waals surface area contributed by atoms with E-state index in [-0.39, 0.29) is 5.91 Å². The standard InChI is InChI=1S/C17H18N2OS2/c1-12-9-16(13(2)22-12)17(20)19-7-8-21-11-15-5-3-14(10-18)4-6-15/h3-6,9H,7-8,11H2,1-2H3,(H,19,20). The number of benzene rings is 1. The van der Waals surface area contributed by atoms with Crippen molar-refractivity contribution in [2.24, 2.45) is 0 Å². The van der Waals surface area contributed by atoms with Crippen LogP contribution in [0, 0.1) is 25.2 Å². The third-order valence-corrected chi connectivity index (χ3v) is 5.17. The normalized spacial score (nSPS) is 10.2. The Morgan fingerprint density at radius 2 is 2.05 bits per heavy atom. The van der Waals surface area contributed by atoms with E-state index < -0.39 is 0 Å². The molecule has 114 valence electrons. The van der Waals surface area contributed by atoms with Crippen molar-refractivity contribution in [1.82, 2.24) is 5.32 Å². The molecule has 3 nitrogen and oxygen atoms in total. The van der Waals surface area contributed by atoms with E-state index in [1.54, 1.807) is 23.1 Å². The van der Waals surface area contributed by atoms with E-state index in [2.05, 4.69) is 11.4 Å². The molecule has 0 spiro atoms. The van der Waals surface area contributed by atoms with Crippen molar-refractivity contribution in [3.63, 3.8) is 0 Å². The van der Waals surface area contributed by atoms with Gasteiger partial charge in [0.25, 0.3) is 5.91 Å². The monoisotopic (exact) mass is 330 g/mol. The highest BCUT2D eigenvalue weighted by molar-refractivity contribution is 7.98. The molecule has 0 saturated carbocycles. The van der Waals surface area contributed by atoms with Gasteiger partial charge in [-0.1, -0.05) is 12.1 Å². The quantitative estimate of drug-likeness (QED) is 0.817. The summed E-state index contributed by atoms with van der Waals surface area (Å²) in [6.45, 7) is 4.65. The van der Waals surface area contributed by atoms with Crippen LogP contribution in [-0.4, -0.2) is 18.2 Å². The summed E-state index contributed by atoms with van der Waals surface area (Å²) in [5.74, 6) is 1.77. The second-order valence-electron chi connectivity index (χ2n) is 4.94. The number of nitrogens with one attached hydrogen (secondary N) is 1. The molecule has 0 atom stereocenters. The molecule has 1 aromatic carbocycles. The summed E-state index contributed by atoms with van der Waals surface area (Å²) >= 11 is 3.42. The van der Waals surface area contributed by atoms with E-state index in [0.29, 0.717) is 12.1 Å². The minimum Gasteiger partial charge on any atom is -0.351 e. The SMILES string of the molecule is Cc1cc(C(=O)NCCSCc2ccc(C#N)cc2)c(C)s1. The Morgan fingerprint density at radius 1 is 1.32 bits per heavy atom. The van der Waals surface area contributed by atoms with Gasteiger partial charge in [0.2, 0.25) is 0 Å². The topological polar surface area (TPSA) is 52.9 Å². The molecule has 0 bridgehead atoms. The van der Waals surface area contributed by atoms with Crippen molar-refractivity contribution in [2.75, 3.05) is 12.3 Å². The molecule has 22 heavy (non-hydrogen) atoms. The lowest BCUT2D eigenvalue weighted by Crippen LogP contribution is -2.25. The van der Waals surface area contributed by atoms with Gasteiger partial charge in [0.15, 0.2) is 0 Å². The average molecular weight is 330 g/mol. The Bertz CT molecular complexity index is 684. The van der Waals surface area contributed by atoms with E-state index in [4.69, 9.17) is 5.26 Å². The van der Waals surface area contributed by atoms with Gasteiger partial charge in [0.1, 0.15) is 0 Å². The lowest BCUT2D eigenvalue weighted by atomic mass is 10.2. The van der Waals surface area contributed by atoms with Gasteiger partial charge in [-0.05, 0) is 37.6 Å². The maximum absolute atomic E-state index is 12.0. The molecule has 2 aromatic rings. The van der Waals surface area contributed by atoms with Crippen LogP contribution in [0.25, 0.3) is 0 Å². The first-order valence-corrected chi connectivity index (χ1v) is 8.99. The van der Waals surface area contributed by atoms with Gasteiger partial charge < -0.3 is 5.32 Å². The highest BCUT2D eigenvalue weighted by Crippen LogP contribution is 2.20. The van der Waals surface area contributed by atoms with E-state index in [1.807, 2.05) is 44.2 Å². The van der Waals surface area contributed by atoms with Crippen LogP contribution in [0.2, 0.25) is 0 Å². The van der Waals surface area contributed by atoms with Crippen molar-refractivity contribution in [3.05, 3.63) is 56.8 Å². The van der Waals surface area contributed by atoms with Gasteiger partial charge in [0.05, 0.1) is 17.2 Å². The lowest BCUT2D eigenvalue weighted by molar-refractivity contribution is 0.0956. The molecule has 1 aromatic heterocycles. The van der Waals surface area contributed by atoms with Crippen molar-refractivity contribution in [2.45, 2.75) is 19.6 Å². The number of hydrogen-bond donors (Lipinski definition) is 1. The Kier molecular flexibility index (Phi) is 6.05. The molecule has 0 unspecified atom stereocenters. The van der Waals surface area contributed by atoms with E-state index in [9.17, 15) is 4.79 Å². The minimum absolute atomic E-state index is 0.0147. The van der Waals surface area contributed by atoms with E-state index in [0.717, 1.165) is 26.8 Å². The summed E-state index contributed by atoms with van der Waals surface area (Å²) in [5.41, 5.74) is 2.67. The molecular weight excluding hydrogens is 312 g/mol. The molecular formula is C17H18N2OS2. The van der Waals surface area contributed by atoms with Gasteiger partial charge in [-0.25, -0.2) is 0 Å². The minimum atomic E-state index is 0.0147. The number of hydrogen-bond acceptors (Lipinski definition) is 4. The zero-order valence-corrected chi connectivity index (χ0v) is 14.3. The molecule has 1 heterocycles. The first kappa shape index (κ1) is 16.6. The van der Waals surface area contributed by atoms with Crippen molar-refractivity contribution < 1.29 is 4.79 Å². The number of nitriles is 1. The Morgan fingerprint density at radius 3 is 2.64 bits per heavy atom. The third-order valence-electron chi connectivity index (χ3n) is 3.17. The number of carbonyl (C=O) groups is 1. The first-order chi connectivity index (χ1) is 10.6. The van der Waals surface area contributed by atoms with Crippen molar-refractivity contribution >= 4 is 29.0 Å². The van der Waals surface area contributed by atoms with Crippen LogP contribution in [0.1, 0.15) is 31.2 Å². The highest BCUT2D eigenvalue weighted by atomic mass is 32.2. The number of carbonyl (C=O) groups excluding carboxylic acids is 1. The molecule has 0 saturated heterocycles. The number of rotatable bonds is 6. The molecule has 1 N–H and O–H groups in total. The summed E-state index contributed by atoms with van der Waals surface area (Å²) in [4.78, 5) is 14.3. The molecule has 0 fully saturated rings. The molecule has 0 aliphatic heterocycles. The van der Waals surface area contributed by atoms with Gasteiger partial charge >= 0.3 is 0 Å². The second-order valence-corrected chi connectivity index (χ2v) is 7.51. The fraction of sp³-hybridized carbons (Fsp3) is 0.294. The van der Waals surface area contributed by atoms with Gasteiger partial charge in [-0.3, -0.25) is 4.79 Å². The highest BCUT2D eigenvalue weighted by Gasteiger charge is 2.10. The largest absolute Gasteiger partial charge is 0.351 e. The Labute approximate surface area is 139 Å². The predicted octanol–water partition coefficient (Wildman–Crippen LogP) is 3.90. The molecule has 2 rings (SSSR count). The Balaban J connectivity index is 1.70. The van der Waals surface area contributed by atoms with Gasteiger partial charge in [-0.15, -0.1) is 11.3 Å². The summed E-state index contributed by atoms with van der Waals surface area (Å²) in [5, 5.41) is 11.7. The van der Waals surface area contributed by atoms with Crippen molar-refractivity contribution in [3.8, 4) is 6.07 Å². The zero-order chi connectivity index (χ0) is 15.9. The van der Waals surface area contributed by atoms with Crippen LogP contribution in [0.4, 0.5) is 0 Å². The average Bonchev–Trinajstić information content (AvgIpc) is 2.86. The number of amides is 1. The van der Waals surface area contributed by atoms with Crippen molar-refractivity contribution in [1.29, 1.82) is 5.26 Å². The number of thiophene rings is 1. The summed E-state index contributed by atoms with van der Waals surface area (Å²) < 4.78 is 0. The maximum atomic E-state index is 12.0. The fourth-order valence-corrected chi connectivity index (χ4v) is 3.79. The van der Waals surface area contributed by atoms with Crippen LogP contribution in [-0.2, 0) is 5.75 Å². The van der Waals surface area contributed by atoms with Crippen LogP contribution >= 0.6 is 23.1 Å². The first-order valence-electron chi connectivity index (χ1n) is 7.02. The summed E-state index contributed by atoms with van der Waals surface area (Å²) in [7, 11) is 0. The molecule has 0 aliphatic carbocycles. The molecule has 5 heteroatoms. The lowest BCUT2D eigenvalue weighted by Gasteiger charge is -2.05. The predicted molar refractivity (Wildman–Crippen MR) is 93.4 cm³/mol. The summed E-state index contributed by atoms with van der Waals surface area (Å²) in [6, 6.07) is 11.7.